The lowest BCUT2D eigenvalue weighted by atomic mass is 10.0. The molecule has 3 rings (SSSR count). The zero-order valence-corrected chi connectivity index (χ0v) is 12.2. The summed E-state index contributed by atoms with van der Waals surface area (Å²) in [6.45, 7) is 0. The van der Waals surface area contributed by atoms with Gasteiger partial charge >= 0.3 is 6.18 Å². The summed E-state index contributed by atoms with van der Waals surface area (Å²) in [5, 5.41) is 3.39. The normalized spacial score (nSPS) is 18.9. The number of benzene rings is 1. The number of nitrogens with one attached hydrogen (secondary N) is 1. The molecular weight excluding hydrogens is 297 g/mol. The van der Waals surface area contributed by atoms with Crippen molar-refractivity contribution in [1.82, 2.24) is 0 Å². The topological polar surface area (TPSA) is 38.0 Å². The lowest BCUT2D eigenvalue weighted by molar-refractivity contribution is -0.137. The Morgan fingerprint density at radius 3 is 2.19 bits per heavy atom. The fraction of sp³-hybridized carbons (Fsp3) is 0.533. The first-order chi connectivity index (χ1) is 9.86. The van der Waals surface area contributed by atoms with Crippen molar-refractivity contribution >= 4 is 22.9 Å². The Kier molecular flexibility index (Phi) is 3.59. The Bertz CT molecular complexity index is 551. The van der Waals surface area contributed by atoms with E-state index in [1.54, 1.807) is 0 Å². The molecule has 6 heteroatoms. The van der Waals surface area contributed by atoms with E-state index in [1.165, 1.54) is 37.8 Å². The van der Waals surface area contributed by atoms with Gasteiger partial charge in [0, 0.05) is 17.3 Å². The molecule has 1 aromatic carbocycles. The van der Waals surface area contributed by atoms with Crippen molar-refractivity contribution < 1.29 is 13.2 Å². The Morgan fingerprint density at radius 1 is 1.19 bits per heavy atom. The third-order valence-corrected chi connectivity index (χ3v) is 4.40. The Labute approximate surface area is 126 Å². The van der Waals surface area contributed by atoms with Crippen molar-refractivity contribution in [2.24, 2.45) is 17.6 Å². The van der Waals surface area contributed by atoms with Gasteiger partial charge in [0.2, 0.25) is 0 Å². The van der Waals surface area contributed by atoms with Gasteiger partial charge < -0.3 is 11.1 Å². The smallest absolute Gasteiger partial charge is 0.389 e. The van der Waals surface area contributed by atoms with Crippen LogP contribution in [0.25, 0.3) is 0 Å². The highest BCUT2D eigenvalue weighted by atomic mass is 32.1. The lowest BCUT2D eigenvalue weighted by Crippen LogP contribution is -2.25. The van der Waals surface area contributed by atoms with Gasteiger partial charge in [0.1, 0.15) is 4.99 Å². The fourth-order valence-corrected chi connectivity index (χ4v) is 2.98. The molecule has 0 unspecified atom stereocenters. The SMILES string of the molecule is NC(=S)c1cc(NC(C2CC2)C2CC2)ccc1C(F)(F)F. The molecule has 3 N–H and O–H groups in total. The van der Waals surface area contributed by atoms with E-state index >= 15 is 0 Å². The van der Waals surface area contributed by atoms with Crippen LogP contribution in [-0.4, -0.2) is 11.0 Å². The maximum absolute atomic E-state index is 12.9. The van der Waals surface area contributed by atoms with E-state index in [9.17, 15) is 13.2 Å². The average molecular weight is 314 g/mol. The van der Waals surface area contributed by atoms with Crippen LogP contribution in [0.1, 0.15) is 36.8 Å². The van der Waals surface area contributed by atoms with Crippen LogP contribution in [0.15, 0.2) is 18.2 Å². The average Bonchev–Trinajstić information content (AvgIpc) is 3.26. The van der Waals surface area contributed by atoms with Gasteiger partial charge in [0.15, 0.2) is 0 Å². The van der Waals surface area contributed by atoms with Crippen LogP contribution < -0.4 is 11.1 Å². The monoisotopic (exact) mass is 314 g/mol. The number of nitrogens with two attached hydrogens (primary N) is 1. The van der Waals surface area contributed by atoms with E-state index in [-0.39, 0.29) is 10.6 Å². The Hall–Kier alpha value is -1.30. The summed E-state index contributed by atoms with van der Waals surface area (Å²) in [6.07, 6.45) is 0.380. The second kappa shape index (κ2) is 5.16. The van der Waals surface area contributed by atoms with E-state index < -0.39 is 11.7 Å². The molecule has 0 bridgehead atoms. The van der Waals surface area contributed by atoms with Crippen molar-refractivity contribution in [3.63, 3.8) is 0 Å². The molecule has 0 radical (unpaired) electrons. The minimum Gasteiger partial charge on any atom is -0.389 e. The molecule has 0 atom stereocenters. The molecule has 0 saturated heterocycles. The first kappa shape index (κ1) is 14.6. The summed E-state index contributed by atoms with van der Waals surface area (Å²) < 4.78 is 38.8. The van der Waals surface area contributed by atoms with Crippen molar-refractivity contribution in [3.05, 3.63) is 29.3 Å². The third-order valence-electron chi connectivity index (χ3n) is 4.18. The molecule has 0 amide bonds. The first-order valence-corrected chi connectivity index (χ1v) is 7.54. The highest BCUT2D eigenvalue weighted by molar-refractivity contribution is 7.80. The quantitative estimate of drug-likeness (QED) is 0.809. The molecule has 2 nitrogen and oxygen atoms in total. The van der Waals surface area contributed by atoms with Crippen LogP contribution in [0, 0.1) is 11.8 Å². The summed E-state index contributed by atoms with van der Waals surface area (Å²) in [5.74, 6) is 1.32. The molecule has 0 heterocycles. The Balaban J connectivity index is 1.86. The highest BCUT2D eigenvalue weighted by Crippen LogP contribution is 2.46. The van der Waals surface area contributed by atoms with Gasteiger partial charge in [0.05, 0.1) is 5.56 Å². The maximum atomic E-state index is 12.9. The van der Waals surface area contributed by atoms with Crippen molar-refractivity contribution in [1.29, 1.82) is 0 Å². The highest BCUT2D eigenvalue weighted by Gasteiger charge is 2.41. The number of thiocarbonyl (C=S) groups is 1. The van der Waals surface area contributed by atoms with E-state index in [2.05, 4.69) is 5.32 Å². The number of hydrogen-bond acceptors (Lipinski definition) is 2. The molecule has 21 heavy (non-hydrogen) atoms. The lowest BCUT2D eigenvalue weighted by Gasteiger charge is -2.21. The fourth-order valence-electron chi connectivity index (χ4n) is 2.81. The van der Waals surface area contributed by atoms with Crippen LogP contribution in [0.5, 0.6) is 0 Å². The molecule has 0 aliphatic heterocycles. The zero-order chi connectivity index (χ0) is 15.2. The molecule has 1 aromatic rings. The summed E-state index contributed by atoms with van der Waals surface area (Å²) in [5.41, 5.74) is 5.26. The van der Waals surface area contributed by atoms with E-state index in [4.69, 9.17) is 18.0 Å². The summed E-state index contributed by atoms with van der Waals surface area (Å²) >= 11 is 4.77. The number of halogens is 3. The Morgan fingerprint density at radius 2 is 1.76 bits per heavy atom. The molecule has 2 aliphatic rings. The van der Waals surface area contributed by atoms with E-state index in [0.717, 1.165) is 6.07 Å². The van der Waals surface area contributed by atoms with Gasteiger partial charge in [0.25, 0.3) is 0 Å². The van der Waals surface area contributed by atoms with Gasteiger partial charge in [-0.3, -0.25) is 0 Å². The third kappa shape index (κ3) is 3.31. The van der Waals surface area contributed by atoms with Gasteiger partial charge in [-0.2, -0.15) is 13.2 Å². The molecule has 2 fully saturated rings. The number of anilines is 1. The van der Waals surface area contributed by atoms with Crippen LogP contribution in [0.3, 0.4) is 0 Å². The number of rotatable bonds is 5. The van der Waals surface area contributed by atoms with E-state index in [0.29, 0.717) is 23.6 Å². The molecule has 114 valence electrons. The molecule has 2 aliphatic carbocycles. The van der Waals surface area contributed by atoms with Crippen LogP contribution >= 0.6 is 12.2 Å². The van der Waals surface area contributed by atoms with Crippen molar-refractivity contribution in [3.8, 4) is 0 Å². The van der Waals surface area contributed by atoms with Crippen LogP contribution in [-0.2, 0) is 6.18 Å². The molecule has 2 saturated carbocycles. The van der Waals surface area contributed by atoms with Gasteiger partial charge in [-0.25, -0.2) is 0 Å². The number of hydrogen-bond donors (Lipinski definition) is 2. The zero-order valence-electron chi connectivity index (χ0n) is 11.4. The summed E-state index contributed by atoms with van der Waals surface area (Å²) in [6, 6.07) is 4.35. The minimum absolute atomic E-state index is 0.104. The summed E-state index contributed by atoms with van der Waals surface area (Å²) in [4.78, 5) is -0.222. The van der Waals surface area contributed by atoms with Crippen molar-refractivity contribution in [2.75, 3.05) is 5.32 Å². The van der Waals surface area contributed by atoms with Crippen molar-refractivity contribution in [2.45, 2.75) is 37.9 Å². The first-order valence-electron chi connectivity index (χ1n) is 7.14. The summed E-state index contributed by atoms with van der Waals surface area (Å²) in [7, 11) is 0. The second-order valence-corrected chi connectivity index (χ2v) is 6.41. The van der Waals surface area contributed by atoms with Crippen LogP contribution in [0.2, 0.25) is 0 Å². The van der Waals surface area contributed by atoms with Gasteiger partial charge in [-0.05, 0) is 55.7 Å². The molecule has 0 aromatic heterocycles. The molecular formula is C15H17F3N2S. The number of alkyl halides is 3. The molecule has 0 spiro atoms. The largest absolute Gasteiger partial charge is 0.417 e. The van der Waals surface area contributed by atoms with Crippen LogP contribution in [0.4, 0.5) is 18.9 Å². The van der Waals surface area contributed by atoms with Gasteiger partial charge in [-0.1, -0.05) is 12.2 Å². The van der Waals surface area contributed by atoms with Gasteiger partial charge in [-0.15, -0.1) is 0 Å². The predicted octanol–water partition coefficient (Wildman–Crippen LogP) is 3.94. The second-order valence-electron chi connectivity index (χ2n) is 5.97. The van der Waals surface area contributed by atoms with E-state index in [1.807, 2.05) is 0 Å². The maximum Gasteiger partial charge on any atom is 0.417 e. The predicted molar refractivity (Wildman–Crippen MR) is 80.2 cm³/mol. The standard InChI is InChI=1S/C15H17F3N2S/c16-15(17,18)12-6-5-10(7-11(12)14(19)21)20-13(8-1-2-8)9-3-4-9/h5-9,13,20H,1-4H2,(H2,19,21). The minimum atomic E-state index is -4.44.